The molecule has 166 valence electrons. The van der Waals surface area contributed by atoms with E-state index >= 15 is 0 Å². The van der Waals surface area contributed by atoms with Gasteiger partial charge in [-0.3, -0.25) is 14.4 Å². The van der Waals surface area contributed by atoms with Crippen LogP contribution < -0.4 is 4.74 Å². The number of nitrogens with zero attached hydrogens (tertiary/aromatic N) is 3. The van der Waals surface area contributed by atoms with Crippen molar-refractivity contribution in [2.24, 2.45) is 5.92 Å². The molecular formula is C24H25N3O5. The Morgan fingerprint density at radius 3 is 2.25 bits per heavy atom. The van der Waals surface area contributed by atoms with Crippen LogP contribution in [0.15, 0.2) is 48.5 Å². The van der Waals surface area contributed by atoms with Gasteiger partial charge >= 0.3 is 5.97 Å². The molecule has 2 atom stereocenters. The molecule has 1 fully saturated rings. The van der Waals surface area contributed by atoms with Crippen LogP contribution in [0.3, 0.4) is 0 Å². The van der Waals surface area contributed by atoms with Gasteiger partial charge in [0, 0.05) is 14.1 Å². The molecule has 0 unspecified atom stereocenters. The van der Waals surface area contributed by atoms with E-state index in [4.69, 9.17) is 15.1 Å². The fourth-order valence-corrected chi connectivity index (χ4v) is 3.68. The Kier molecular flexibility index (Phi) is 7.11. The third-order valence-corrected chi connectivity index (χ3v) is 5.50. The van der Waals surface area contributed by atoms with Crippen molar-refractivity contribution in [3.8, 4) is 22.9 Å². The number of rotatable bonds is 8. The molecule has 2 aromatic rings. The van der Waals surface area contributed by atoms with Gasteiger partial charge in [-0.1, -0.05) is 24.3 Å². The van der Waals surface area contributed by atoms with Gasteiger partial charge in [0.05, 0.1) is 30.0 Å². The summed E-state index contributed by atoms with van der Waals surface area (Å²) in [5, 5.41) is 18.0. The molecule has 1 aliphatic heterocycles. The van der Waals surface area contributed by atoms with Gasteiger partial charge in [-0.25, -0.2) is 0 Å². The van der Waals surface area contributed by atoms with E-state index < -0.39 is 11.9 Å². The summed E-state index contributed by atoms with van der Waals surface area (Å²) in [7, 11) is 3.22. The van der Waals surface area contributed by atoms with E-state index in [2.05, 4.69) is 6.07 Å². The summed E-state index contributed by atoms with van der Waals surface area (Å²) in [4.78, 5) is 38.8. The highest BCUT2D eigenvalue weighted by molar-refractivity contribution is 5.89. The van der Waals surface area contributed by atoms with E-state index in [-0.39, 0.29) is 37.4 Å². The summed E-state index contributed by atoms with van der Waals surface area (Å²) in [5.41, 5.74) is 2.54. The van der Waals surface area contributed by atoms with Crippen LogP contribution in [0.1, 0.15) is 18.4 Å². The Balaban J connectivity index is 1.67. The number of aliphatic carboxylic acids is 1. The molecule has 1 saturated heterocycles. The maximum absolute atomic E-state index is 12.7. The summed E-state index contributed by atoms with van der Waals surface area (Å²) in [5.74, 6) is -1.65. The van der Waals surface area contributed by atoms with E-state index in [1.807, 2.05) is 36.4 Å². The van der Waals surface area contributed by atoms with Gasteiger partial charge in [0.1, 0.15) is 18.9 Å². The Hall–Kier alpha value is -3.86. The number of likely N-dealkylation sites (N-methyl/N-ethyl adjacent to an activating group) is 1. The first kappa shape index (κ1) is 22.8. The fourth-order valence-electron chi connectivity index (χ4n) is 3.68. The number of ether oxygens (including phenoxy) is 1. The number of carboxylic acids is 1. The number of hydrogen-bond acceptors (Lipinski definition) is 5. The monoisotopic (exact) mass is 435 g/mol. The molecule has 0 bridgehead atoms. The van der Waals surface area contributed by atoms with Crippen LogP contribution >= 0.6 is 0 Å². The average molecular weight is 435 g/mol. The zero-order valence-corrected chi connectivity index (χ0v) is 18.0. The van der Waals surface area contributed by atoms with Crippen LogP contribution in [0.4, 0.5) is 0 Å². The standard InChI is InChI=1S/C24H25N3O5/c1-26(2)22(28)14-27-20(11-19(24(27)31)12-23(29)30)15-32-21-9-7-18(8-10-21)17-5-3-16(13-25)4-6-17/h3-10,19-20H,11-12,14-15H2,1-2H3,(H,29,30)/t19-,20-/m0/s1. The van der Waals surface area contributed by atoms with Crippen molar-refractivity contribution >= 4 is 17.8 Å². The van der Waals surface area contributed by atoms with Crippen molar-refractivity contribution in [1.29, 1.82) is 5.26 Å². The van der Waals surface area contributed by atoms with Crippen molar-refractivity contribution in [1.82, 2.24) is 9.80 Å². The zero-order chi connectivity index (χ0) is 23.3. The maximum Gasteiger partial charge on any atom is 0.304 e. The molecule has 1 heterocycles. The highest BCUT2D eigenvalue weighted by Gasteiger charge is 2.41. The number of amides is 2. The number of carbonyl (C=O) groups is 3. The molecule has 0 aliphatic carbocycles. The first-order valence-corrected chi connectivity index (χ1v) is 10.2. The SMILES string of the molecule is CN(C)C(=O)CN1C(=O)[C@H](CC(=O)O)C[C@H]1COc1ccc(-c2ccc(C#N)cc2)cc1. The Labute approximate surface area is 186 Å². The van der Waals surface area contributed by atoms with Crippen molar-refractivity contribution in [3.63, 3.8) is 0 Å². The minimum Gasteiger partial charge on any atom is -0.491 e. The highest BCUT2D eigenvalue weighted by atomic mass is 16.5. The molecule has 1 N–H and O–H groups in total. The number of hydrogen-bond donors (Lipinski definition) is 1. The number of likely N-dealkylation sites (tertiary alicyclic amines) is 1. The van der Waals surface area contributed by atoms with Crippen LogP contribution in [-0.2, 0) is 14.4 Å². The first-order chi connectivity index (χ1) is 15.3. The maximum atomic E-state index is 12.7. The van der Waals surface area contributed by atoms with Crippen molar-refractivity contribution in [3.05, 3.63) is 54.1 Å². The summed E-state index contributed by atoms with van der Waals surface area (Å²) in [6.45, 7) is 0.0619. The average Bonchev–Trinajstić information content (AvgIpc) is 3.06. The lowest BCUT2D eigenvalue weighted by atomic mass is 10.0. The summed E-state index contributed by atoms with van der Waals surface area (Å²) in [6.07, 6.45) is 0.0659. The van der Waals surface area contributed by atoms with E-state index in [0.29, 0.717) is 17.7 Å². The summed E-state index contributed by atoms with van der Waals surface area (Å²) < 4.78 is 5.88. The molecule has 2 amide bonds. The van der Waals surface area contributed by atoms with E-state index in [1.165, 1.54) is 9.80 Å². The predicted octanol–water partition coefficient (Wildman–Crippen LogP) is 2.38. The molecule has 8 nitrogen and oxygen atoms in total. The van der Waals surface area contributed by atoms with Gasteiger partial charge in [0.15, 0.2) is 0 Å². The molecule has 0 saturated carbocycles. The predicted molar refractivity (Wildman–Crippen MR) is 117 cm³/mol. The fraction of sp³-hybridized carbons (Fsp3) is 0.333. The number of carbonyl (C=O) groups excluding carboxylic acids is 2. The molecule has 2 aromatic carbocycles. The topological polar surface area (TPSA) is 111 Å². The molecule has 3 rings (SSSR count). The summed E-state index contributed by atoms with van der Waals surface area (Å²) in [6, 6.07) is 16.4. The van der Waals surface area contributed by atoms with Crippen LogP contribution in [0.25, 0.3) is 11.1 Å². The van der Waals surface area contributed by atoms with Crippen LogP contribution in [0, 0.1) is 17.2 Å². The number of benzene rings is 2. The number of nitriles is 1. The lowest BCUT2D eigenvalue weighted by Gasteiger charge is -2.25. The van der Waals surface area contributed by atoms with Gasteiger partial charge in [-0.2, -0.15) is 5.26 Å². The zero-order valence-electron chi connectivity index (χ0n) is 18.0. The largest absolute Gasteiger partial charge is 0.491 e. The molecule has 8 heteroatoms. The van der Waals surface area contributed by atoms with Crippen molar-refractivity contribution < 1.29 is 24.2 Å². The van der Waals surface area contributed by atoms with Crippen LogP contribution in [0.5, 0.6) is 5.75 Å². The number of carboxylic acid groups (broad SMARTS) is 1. The summed E-state index contributed by atoms with van der Waals surface area (Å²) >= 11 is 0. The van der Waals surface area contributed by atoms with Crippen molar-refractivity contribution in [2.75, 3.05) is 27.2 Å². The first-order valence-electron chi connectivity index (χ1n) is 10.2. The van der Waals surface area contributed by atoms with E-state index in [1.54, 1.807) is 26.2 Å². The molecule has 0 aromatic heterocycles. The van der Waals surface area contributed by atoms with E-state index in [0.717, 1.165) is 11.1 Å². The minimum absolute atomic E-state index is 0.104. The van der Waals surface area contributed by atoms with Gasteiger partial charge < -0.3 is 19.6 Å². The van der Waals surface area contributed by atoms with Gasteiger partial charge in [0.2, 0.25) is 11.8 Å². The van der Waals surface area contributed by atoms with Crippen LogP contribution in [0.2, 0.25) is 0 Å². The van der Waals surface area contributed by atoms with Crippen molar-refractivity contribution in [2.45, 2.75) is 18.9 Å². The molecule has 1 aliphatic rings. The second kappa shape index (κ2) is 9.96. The van der Waals surface area contributed by atoms with E-state index in [9.17, 15) is 14.4 Å². The second-order valence-corrected chi connectivity index (χ2v) is 7.96. The van der Waals surface area contributed by atoms with Gasteiger partial charge in [-0.15, -0.1) is 0 Å². The molecule has 0 spiro atoms. The Bertz CT molecular complexity index is 1030. The third-order valence-electron chi connectivity index (χ3n) is 5.50. The van der Waals surface area contributed by atoms with Crippen LogP contribution in [-0.4, -0.2) is 66.0 Å². The third kappa shape index (κ3) is 5.43. The molecule has 0 radical (unpaired) electrons. The molecule has 32 heavy (non-hydrogen) atoms. The lowest BCUT2D eigenvalue weighted by Crippen LogP contribution is -2.44. The smallest absolute Gasteiger partial charge is 0.304 e. The van der Waals surface area contributed by atoms with Gasteiger partial charge in [-0.05, 0) is 41.8 Å². The minimum atomic E-state index is -1.04. The second-order valence-electron chi connectivity index (χ2n) is 7.96. The van der Waals surface area contributed by atoms with Gasteiger partial charge in [0.25, 0.3) is 0 Å². The Morgan fingerprint density at radius 1 is 1.12 bits per heavy atom. The highest BCUT2D eigenvalue weighted by Crippen LogP contribution is 2.29. The quantitative estimate of drug-likeness (QED) is 0.682. The lowest BCUT2D eigenvalue weighted by molar-refractivity contribution is -0.143. The Morgan fingerprint density at radius 2 is 1.72 bits per heavy atom. The molecular weight excluding hydrogens is 410 g/mol. The normalized spacial score (nSPS) is 17.7.